The first-order valence-electron chi connectivity index (χ1n) is 8.32. The Hall–Kier alpha value is 0.532. The van der Waals surface area contributed by atoms with E-state index in [1.807, 2.05) is 5.57 Å². The molecule has 0 amide bonds. The second kappa shape index (κ2) is 5.07. The summed E-state index contributed by atoms with van der Waals surface area (Å²) in [5, 5.41) is 0. The summed E-state index contributed by atoms with van der Waals surface area (Å²) in [5.74, 6) is 2.79. The summed E-state index contributed by atoms with van der Waals surface area (Å²) in [6.45, 7) is 7.62. The SMILES string of the molecule is CC1CCCC2C3=CCC(C)([CH]=[Cd])CC3CCC12C. The minimum atomic E-state index is 0.550. The van der Waals surface area contributed by atoms with Crippen molar-refractivity contribution in [2.24, 2.45) is 28.6 Å². The van der Waals surface area contributed by atoms with Crippen molar-refractivity contribution in [1.82, 2.24) is 0 Å². The van der Waals surface area contributed by atoms with Crippen molar-refractivity contribution >= 4 is 3.56 Å². The summed E-state index contributed by atoms with van der Waals surface area (Å²) >= 11 is 1.03. The van der Waals surface area contributed by atoms with Crippen molar-refractivity contribution in [1.29, 1.82) is 0 Å². The first kappa shape index (κ1) is 14.5. The minimum absolute atomic E-state index is 0.550. The van der Waals surface area contributed by atoms with Crippen LogP contribution in [0.1, 0.15) is 65.7 Å². The quantitative estimate of drug-likeness (QED) is 0.462. The van der Waals surface area contributed by atoms with Crippen LogP contribution in [0.15, 0.2) is 11.6 Å². The average Bonchev–Trinajstić information content (AvgIpc) is 2.40. The van der Waals surface area contributed by atoms with Gasteiger partial charge in [-0.2, -0.15) is 0 Å². The fourth-order valence-electron chi connectivity index (χ4n) is 5.23. The van der Waals surface area contributed by atoms with Crippen LogP contribution in [-0.2, 0) is 25.3 Å². The normalized spacial score (nSPS) is 49.9. The molecule has 0 N–H and O–H groups in total. The Bertz CT molecular complexity index is 410. The summed E-state index contributed by atoms with van der Waals surface area (Å²) < 4.78 is 2.63. The van der Waals surface area contributed by atoms with Crippen molar-refractivity contribution in [3.8, 4) is 0 Å². The van der Waals surface area contributed by atoms with Gasteiger partial charge in [0.25, 0.3) is 0 Å². The molecule has 0 aromatic rings. The molecular weight excluding hydrogens is 329 g/mol. The molecule has 2 fully saturated rings. The summed E-state index contributed by atoms with van der Waals surface area (Å²) in [6.07, 6.45) is 12.8. The Balaban J connectivity index is 1.91. The number of rotatable bonds is 1. The molecule has 0 radical (unpaired) electrons. The molecule has 0 aromatic heterocycles. The molecule has 3 aliphatic carbocycles. The molecular formula is C18H28Cd. The van der Waals surface area contributed by atoms with Crippen LogP contribution in [0.3, 0.4) is 0 Å². The summed E-state index contributed by atoms with van der Waals surface area (Å²) in [5.41, 5.74) is 3.07. The molecule has 0 aliphatic heterocycles. The maximum atomic E-state index is 2.69. The van der Waals surface area contributed by atoms with Gasteiger partial charge in [0.15, 0.2) is 0 Å². The van der Waals surface area contributed by atoms with Crippen molar-refractivity contribution < 1.29 is 25.3 Å². The molecule has 2 saturated carbocycles. The van der Waals surface area contributed by atoms with E-state index in [1.165, 1.54) is 44.9 Å². The van der Waals surface area contributed by atoms with E-state index >= 15 is 0 Å². The van der Waals surface area contributed by atoms with Gasteiger partial charge in [-0.15, -0.1) is 0 Å². The topological polar surface area (TPSA) is 0 Å². The number of hydrogen-bond acceptors (Lipinski definition) is 0. The monoisotopic (exact) mass is 358 g/mol. The number of hydrogen-bond donors (Lipinski definition) is 0. The zero-order chi connectivity index (χ0) is 13.7. The zero-order valence-corrected chi connectivity index (χ0v) is 17.1. The Morgan fingerprint density at radius 1 is 1.26 bits per heavy atom. The van der Waals surface area contributed by atoms with Gasteiger partial charge in [0.2, 0.25) is 0 Å². The molecule has 0 heterocycles. The Labute approximate surface area is 134 Å². The zero-order valence-electron chi connectivity index (χ0n) is 13.0. The summed E-state index contributed by atoms with van der Waals surface area (Å²) in [4.78, 5) is 0. The van der Waals surface area contributed by atoms with Gasteiger partial charge in [0.1, 0.15) is 0 Å². The third-order valence-corrected chi connectivity index (χ3v) is 9.78. The third kappa shape index (κ3) is 2.34. The van der Waals surface area contributed by atoms with E-state index in [9.17, 15) is 0 Å². The molecule has 5 atom stereocenters. The molecule has 0 spiro atoms. The van der Waals surface area contributed by atoms with Crippen molar-refractivity contribution in [3.05, 3.63) is 11.6 Å². The van der Waals surface area contributed by atoms with Gasteiger partial charge in [-0.1, -0.05) is 0 Å². The van der Waals surface area contributed by atoms with Crippen LogP contribution in [-0.4, -0.2) is 3.56 Å². The number of allylic oxidation sites excluding steroid dienone is 2. The van der Waals surface area contributed by atoms with Crippen molar-refractivity contribution in [2.75, 3.05) is 0 Å². The molecule has 102 valence electrons. The van der Waals surface area contributed by atoms with Crippen LogP contribution in [0.5, 0.6) is 0 Å². The molecule has 5 unspecified atom stereocenters. The molecule has 3 aliphatic rings. The van der Waals surface area contributed by atoms with Crippen molar-refractivity contribution in [3.63, 3.8) is 0 Å². The molecule has 0 bridgehead atoms. The fraction of sp³-hybridized carbons (Fsp3) is 0.833. The molecule has 1 heteroatoms. The Morgan fingerprint density at radius 3 is 2.79 bits per heavy atom. The summed E-state index contributed by atoms with van der Waals surface area (Å²) in [7, 11) is 0. The first-order valence-corrected chi connectivity index (χ1v) is 10.6. The van der Waals surface area contributed by atoms with Crippen LogP contribution < -0.4 is 0 Å². The molecule has 3 rings (SSSR count). The predicted octanol–water partition coefficient (Wildman–Crippen LogP) is 4.91. The van der Waals surface area contributed by atoms with Crippen LogP contribution in [0.2, 0.25) is 0 Å². The van der Waals surface area contributed by atoms with E-state index in [4.69, 9.17) is 0 Å². The first-order chi connectivity index (χ1) is 8.98. The molecule has 0 aromatic carbocycles. The second-order valence-corrected chi connectivity index (χ2v) is 9.26. The third-order valence-electron chi connectivity index (χ3n) is 6.97. The van der Waals surface area contributed by atoms with Gasteiger partial charge in [-0.05, 0) is 0 Å². The average molecular weight is 357 g/mol. The van der Waals surface area contributed by atoms with Crippen LogP contribution in [0, 0.1) is 28.6 Å². The van der Waals surface area contributed by atoms with E-state index in [0.29, 0.717) is 10.8 Å². The standard InChI is InChI=1S/C18H28.Cd/c1-13-6-5-7-16-15-9-10-17(2,3)12-14(15)8-11-18(13,16)4;/h2,9,13-14,16H,5-8,10-12H2,1,3-4H3;. The van der Waals surface area contributed by atoms with E-state index in [1.54, 1.807) is 0 Å². The second-order valence-electron chi connectivity index (χ2n) is 8.10. The van der Waals surface area contributed by atoms with E-state index in [2.05, 4.69) is 30.4 Å². The molecule has 0 nitrogen and oxygen atoms in total. The number of fused-ring (bicyclic) bond motifs is 3. The van der Waals surface area contributed by atoms with Gasteiger partial charge in [-0.3, -0.25) is 0 Å². The van der Waals surface area contributed by atoms with Gasteiger partial charge in [0.05, 0.1) is 0 Å². The van der Waals surface area contributed by atoms with Gasteiger partial charge < -0.3 is 0 Å². The van der Waals surface area contributed by atoms with E-state index in [0.717, 1.165) is 43.0 Å². The Kier molecular flexibility index (Phi) is 3.86. The summed E-state index contributed by atoms with van der Waals surface area (Å²) in [6, 6.07) is 0. The fourth-order valence-corrected chi connectivity index (χ4v) is 6.18. The van der Waals surface area contributed by atoms with Crippen LogP contribution in [0.4, 0.5) is 0 Å². The van der Waals surface area contributed by atoms with Crippen LogP contribution in [0.25, 0.3) is 0 Å². The van der Waals surface area contributed by atoms with Crippen LogP contribution >= 0.6 is 0 Å². The van der Waals surface area contributed by atoms with Gasteiger partial charge >= 0.3 is 135 Å². The maximum absolute atomic E-state index is 2.69. The van der Waals surface area contributed by atoms with Crippen molar-refractivity contribution in [2.45, 2.75) is 65.7 Å². The van der Waals surface area contributed by atoms with E-state index in [-0.39, 0.29) is 0 Å². The Morgan fingerprint density at radius 2 is 2.05 bits per heavy atom. The predicted molar refractivity (Wildman–Crippen MR) is 78.8 cm³/mol. The molecule has 19 heavy (non-hydrogen) atoms. The van der Waals surface area contributed by atoms with Gasteiger partial charge in [0, 0.05) is 0 Å². The van der Waals surface area contributed by atoms with E-state index < -0.39 is 0 Å². The van der Waals surface area contributed by atoms with Gasteiger partial charge in [-0.25, -0.2) is 0 Å². The molecule has 0 saturated heterocycles.